The summed E-state index contributed by atoms with van der Waals surface area (Å²) in [6.07, 6.45) is 0.150. The molecule has 184 valence electrons. The first-order valence-electron chi connectivity index (χ1n) is 11.9. The molecule has 4 aromatic carbocycles. The zero-order chi connectivity index (χ0) is 26.1. The number of hydrogen-bond acceptors (Lipinski definition) is 3. The minimum absolute atomic E-state index is 0.0837. The van der Waals surface area contributed by atoms with Crippen LogP contribution in [0, 0.1) is 0 Å². The fourth-order valence-electron chi connectivity index (χ4n) is 3.36. The predicted molar refractivity (Wildman–Crippen MR) is 147 cm³/mol. The van der Waals surface area contributed by atoms with Crippen molar-refractivity contribution in [3.05, 3.63) is 149 Å². The summed E-state index contributed by atoms with van der Waals surface area (Å²) >= 11 is -0.258. The Morgan fingerprint density at radius 2 is 1.03 bits per heavy atom. The number of hydrazine groups is 1. The summed E-state index contributed by atoms with van der Waals surface area (Å²) in [5.74, 6) is 0.480. The molecule has 0 unspecified atom stereocenters. The van der Waals surface area contributed by atoms with E-state index in [2.05, 4.69) is 71.5 Å². The number of benzene rings is 4. The molecule has 0 saturated carbocycles. The number of rotatable bonds is 8. The molecule has 2 N–H and O–H groups in total. The van der Waals surface area contributed by atoms with Gasteiger partial charge in [-0.25, -0.2) is 4.79 Å². The maximum atomic E-state index is 11.9. The zero-order valence-electron chi connectivity index (χ0n) is 20.4. The van der Waals surface area contributed by atoms with Crippen molar-refractivity contribution in [3.63, 3.8) is 0 Å². The number of amides is 2. The molecule has 0 saturated heterocycles. The molecule has 2 radical (unpaired) electrons. The first kappa shape index (κ1) is 27.7. The summed E-state index contributed by atoms with van der Waals surface area (Å²) in [7, 11) is 0. The van der Waals surface area contributed by atoms with E-state index < -0.39 is 11.8 Å². The molecule has 6 heteroatoms. The van der Waals surface area contributed by atoms with Crippen molar-refractivity contribution in [2.45, 2.75) is 15.3 Å². The van der Waals surface area contributed by atoms with E-state index in [1.165, 1.54) is 20.0 Å². The van der Waals surface area contributed by atoms with Gasteiger partial charge in [-0.15, -0.1) is 0 Å². The van der Waals surface area contributed by atoms with Crippen LogP contribution in [0.3, 0.4) is 0 Å². The monoisotopic (exact) mass is 596 g/mol. The average molecular weight is 595 g/mol. The molecule has 0 spiro atoms. The Morgan fingerprint density at radius 3 is 1.49 bits per heavy atom. The van der Waals surface area contributed by atoms with Crippen LogP contribution in [0.2, 0.25) is 0 Å². The second kappa shape index (κ2) is 15.9. The summed E-state index contributed by atoms with van der Waals surface area (Å²) in [4.78, 5) is 34.6. The van der Waals surface area contributed by atoms with Crippen LogP contribution in [0.15, 0.2) is 127 Å². The first-order chi connectivity index (χ1) is 18.2. The van der Waals surface area contributed by atoms with E-state index in [4.69, 9.17) is 0 Å². The number of nitrogens with one attached hydrogen (secondary N) is 2. The quantitative estimate of drug-likeness (QED) is 0.136. The van der Waals surface area contributed by atoms with Crippen molar-refractivity contribution < 1.29 is 14.4 Å². The number of hydrogen-bond donors (Lipinski definition) is 2. The van der Waals surface area contributed by atoms with E-state index in [1.807, 2.05) is 18.2 Å². The van der Waals surface area contributed by atoms with Gasteiger partial charge in [0.2, 0.25) is 0 Å². The first-order valence-corrected chi connectivity index (χ1v) is 15.9. The van der Waals surface area contributed by atoms with Gasteiger partial charge in [0.15, 0.2) is 0 Å². The standard InChI is InChI=1S/C17H14N2O3.2C7H7.Sn/c20-12-15(11-13-7-3-1-4-8-13)17(22)19-18-16(21)14-9-5-2-6-10-14;2*1-7-5-3-2-4-6-7;/h1-10H,11H2,(H,18,21)(H,19,22);2*2-6H,1H2;. The number of carbonyl (C=O) groups excluding carboxylic acids is 3. The van der Waals surface area contributed by atoms with Gasteiger partial charge in [-0.3, -0.25) is 20.4 Å². The number of carbonyl (C=O) groups is 2. The van der Waals surface area contributed by atoms with Crippen molar-refractivity contribution >= 4 is 38.9 Å². The van der Waals surface area contributed by atoms with Gasteiger partial charge < -0.3 is 0 Å². The van der Waals surface area contributed by atoms with Crippen molar-refractivity contribution in [3.8, 4) is 0 Å². The zero-order valence-corrected chi connectivity index (χ0v) is 23.2. The van der Waals surface area contributed by atoms with Crippen LogP contribution in [0.25, 0.3) is 0 Å². The van der Waals surface area contributed by atoms with Crippen LogP contribution in [0.1, 0.15) is 27.0 Å². The van der Waals surface area contributed by atoms with Crippen LogP contribution in [0.5, 0.6) is 0 Å². The summed E-state index contributed by atoms with van der Waals surface area (Å²) in [5, 5.41) is 0. The Kier molecular flexibility index (Phi) is 11.9. The van der Waals surface area contributed by atoms with Crippen molar-refractivity contribution in [1.82, 2.24) is 10.9 Å². The van der Waals surface area contributed by atoms with E-state index in [1.54, 1.807) is 48.4 Å². The molecule has 4 aromatic rings. The molecule has 0 aliphatic carbocycles. The van der Waals surface area contributed by atoms with Gasteiger partial charge in [0.25, 0.3) is 11.8 Å². The molecular formula is C31H28N2O3Sn. The molecule has 0 aliphatic rings. The second-order valence-corrected chi connectivity index (χ2v) is 11.5. The fraction of sp³-hybridized carbons (Fsp3) is 0.0968. The Bertz CT molecular complexity index is 1250. The molecule has 4 rings (SSSR count). The van der Waals surface area contributed by atoms with Gasteiger partial charge >= 0.3 is 102 Å². The minimum atomic E-state index is -0.678. The topological polar surface area (TPSA) is 75.3 Å². The molecule has 5 nitrogen and oxygen atoms in total. The van der Waals surface area contributed by atoms with Crippen molar-refractivity contribution in [1.29, 1.82) is 0 Å². The predicted octanol–water partition coefficient (Wildman–Crippen LogP) is 4.54. The van der Waals surface area contributed by atoms with E-state index in [0.717, 1.165) is 5.56 Å². The van der Waals surface area contributed by atoms with Gasteiger partial charge in [0.05, 0.1) is 0 Å². The molecule has 0 bridgehead atoms. The van der Waals surface area contributed by atoms with Gasteiger partial charge in [0, 0.05) is 12.0 Å². The van der Waals surface area contributed by atoms with Crippen molar-refractivity contribution in [2.75, 3.05) is 0 Å². The molecule has 37 heavy (non-hydrogen) atoms. The third-order valence-electron chi connectivity index (χ3n) is 5.29. The van der Waals surface area contributed by atoms with Gasteiger partial charge in [-0.2, -0.15) is 0 Å². The van der Waals surface area contributed by atoms with E-state index >= 15 is 0 Å². The Hall–Kier alpha value is -3.93. The average Bonchev–Trinajstić information content (AvgIpc) is 2.97. The molecule has 0 fully saturated rings. The molecule has 2 amide bonds. The van der Waals surface area contributed by atoms with Gasteiger partial charge in [0.1, 0.15) is 11.5 Å². The molecule has 0 atom stereocenters. The molecule has 0 aliphatic heterocycles. The molecular weight excluding hydrogens is 567 g/mol. The Morgan fingerprint density at radius 1 is 0.595 bits per heavy atom. The summed E-state index contributed by atoms with van der Waals surface area (Å²) in [5.41, 5.74) is 8.63. The summed E-state index contributed by atoms with van der Waals surface area (Å²) in [6.45, 7) is 0. The normalized spacial score (nSPS) is 9.73. The second-order valence-electron chi connectivity index (χ2n) is 8.09. The maximum absolute atomic E-state index is 11.9. The third-order valence-corrected chi connectivity index (χ3v) is 9.05. The Balaban J connectivity index is 0.000000220. The summed E-state index contributed by atoms with van der Waals surface area (Å²) < 4.78 is 2.69. The van der Waals surface area contributed by atoms with E-state index in [9.17, 15) is 14.4 Å². The van der Waals surface area contributed by atoms with Crippen LogP contribution >= 0.6 is 0 Å². The fourth-order valence-corrected chi connectivity index (χ4v) is 6.71. The molecule has 0 aromatic heterocycles. The van der Waals surface area contributed by atoms with Crippen LogP contribution in [-0.2, 0) is 24.9 Å². The van der Waals surface area contributed by atoms with E-state index in [-0.39, 0.29) is 33.1 Å². The molecule has 0 heterocycles. The SMILES string of the molecule is O=C=C(Cc1ccccc1)C(=O)NNC(=O)c1ccccc1.c1ccc([CH2][Sn][CH2]c2ccccc2)cc1. The summed E-state index contributed by atoms with van der Waals surface area (Å²) in [6, 6.07) is 39.2. The van der Waals surface area contributed by atoms with Gasteiger partial charge in [-0.05, 0) is 17.7 Å². The third kappa shape index (κ3) is 10.3. The Labute approximate surface area is 227 Å². The van der Waals surface area contributed by atoms with Gasteiger partial charge in [-0.1, -0.05) is 48.5 Å². The van der Waals surface area contributed by atoms with Crippen LogP contribution in [-0.4, -0.2) is 38.9 Å². The van der Waals surface area contributed by atoms with Crippen LogP contribution in [0.4, 0.5) is 0 Å². The van der Waals surface area contributed by atoms with Crippen LogP contribution < -0.4 is 10.9 Å². The van der Waals surface area contributed by atoms with E-state index in [0.29, 0.717) is 5.56 Å². The van der Waals surface area contributed by atoms with Crippen molar-refractivity contribution in [2.24, 2.45) is 0 Å².